The van der Waals surface area contributed by atoms with Gasteiger partial charge in [0.25, 0.3) is 0 Å². The molecule has 0 bridgehead atoms. The van der Waals surface area contributed by atoms with Crippen molar-refractivity contribution in [3.05, 3.63) is 14.2 Å². The zero-order valence-corrected chi connectivity index (χ0v) is 11.9. The Hall–Kier alpha value is -0.980. The molecule has 0 aliphatic rings. The Morgan fingerprint density at radius 2 is 2.00 bits per heavy atom. The molecule has 0 aromatic carbocycles. The smallest absolute Gasteiger partial charge is 0.352 e. The molecule has 8 heteroatoms. The molecule has 18 heavy (non-hydrogen) atoms. The van der Waals surface area contributed by atoms with E-state index >= 15 is 0 Å². The van der Waals surface area contributed by atoms with Crippen molar-refractivity contribution in [1.29, 1.82) is 0 Å². The zero-order valence-electron chi connectivity index (χ0n) is 9.62. The Labute approximate surface area is 118 Å². The summed E-state index contributed by atoms with van der Waals surface area (Å²) >= 11 is 12.6. The van der Waals surface area contributed by atoms with E-state index in [1.165, 1.54) is 7.11 Å². The van der Waals surface area contributed by atoms with Gasteiger partial charge in [-0.2, -0.15) is 0 Å². The second kappa shape index (κ2) is 6.82. The van der Waals surface area contributed by atoms with Crippen LogP contribution in [0.2, 0.25) is 9.36 Å². The van der Waals surface area contributed by atoms with Crippen LogP contribution in [0.15, 0.2) is 0 Å². The monoisotopic (exact) mass is 312 g/mol. The Bertz CT molecular complexity index is 457. The average Bonchev–Trinajstić information content (AvgIpc) is 2.63. The van der Waals surface area contributed by atoms with Crippen LogP contribution in [0, 0.1) is 0 Å². The Morgan fingerprint density at radius 1 is 1.33 bits per heavy atom. The maximum atomic E-state index is 11.4. The normalized spacial score (nSPS) is 10.0. The number of rotatable bonds is 5. The van der Waals surface area contributed by atoms with Gasteiger partial charge in [0, 0.05) is 0 Å². The van der Waals surface area contributed by atoms with Crippen molar-refractivity contribution < 1.29 is 23.8 Å². The summed E-state index contributed by atoms with van der Waals surface area (Å²) in [6, 6.07) is 0. The van der Waals surface area contributed by atoms with E-state index in [2.05, 4.69) is 9.47 Å². The maximum absolute atomic E-state index is 11.4. The molecule has 0 saturated carbocycles. The van der Waals surface area contributed by atoms with Crippen LogP contribution in [-0.2, 0) is 14.3 Å². The number of thiophene rings is 1. The number of hydrogen-bond acceptors (Lipinski definition) is 6. The molecule has 0 fully saturated rings. The number of hydrogen-bond donors (Lipinski definition) is 0. The van der Waals surface area contributed by atoms with Gasteiger partial charge in [0.15, 0.2) is 17.2 Å². The number of carbonyl (C=O) groups is 2. The van der Waals surface area contributed by atoms with Gasteiger partial charge < -0.3 is 14.2 Å². The average molecular weight is 313 g/mol. The fourth-order valence-electron chi connectivity index (χ4n) is 1.06. The minimum absolute atomic E-state index is 0.0339. The largest absolute Gasteiger partial charge is 0.478 e. The molecule has 5 nitrogen and oxygen atoms in total. The molecule has 0 N–H and O–H groups in total. The third-order valence-corrected chi connectivity index (χ3v) is 3.71. The van der Waals surface area contributed by atoms with E-state index in [1.54, 1.807) is 6.92 Å². The zero-order chi connectivity index (χ0) is 13.7. The molecule has 1 aromatic rings. The molecule has 0 radical (unpaired) electrons. The van der Waals surface area contributed by atoms with E-state index < -0.39 is 11.9 Å². The van der Waals surface area contributed by atoms with E-state index in [9.17, 15) is 9.59 Å². The van der Waals surface area contributed by atoms with Gasteiger partial charge in [-0.25, -0.2) is 9.59 Å². The molecule has 100 valence electrons. The summed E-state index contributed by atoms with van der Waals surface area (Å²) in [6.07, 6.45) is 0. The van der Waals surface area contributed by atoms with E-state index in [-0.39, 0.29) is 33.2 Å². The standard InChI is InChI=1S/C10H10Cl2O5S/c1-3-16-5(13)4-17-7-6(11)9(12)18-8(7)10(14)15-2/h3-4H2,1-2H3. The minimum atomic E-state index is -0.632. The Kier molecular flexibility index (Phi) is 5.71. The summed E-state index contributed by atoms with van der Waals surface area (Å²) in [6.45, 7) is 1.56. The molecular weight excluding hydrogens is 303 g/mol. The summed E-state index contributed by atoms with van der Waals surface area (Å²) in [4.78, 5) is 22.7. The summed E-state index contributed by atoms with van der Waals surface area (Å²) in [7, 11) is 1.22. The maximum Gasteiger partial charge on any atom is 0.352 e. The highest BCUT2D eigenvalue weighted by atomic mass is 35.5. The summed E-state index contributed by atoms with van der Waals surface area (Å²) < 4.78 is 14.6. The lowest BCUT2D eigenvalue weighted by molar-refractivity contribution is -0.145. The van der Waals surface area contributed by atoms with Crippen LogP contribution in [0.4, 0.5) is 0 Å². The lowest BCUT2D eigenvalue weighted by Gasteiger charge is -2.06. The van der Waals surface area contributed by atoms with Gasteiger partial charge in [-0.1, -0.05) is 23.2 Å². The van der Waals surface area contributed by atoms with E-state index in [1.807, 2.05) is 0 Å². The fraction of sp³-hybridized carbons (Fsp3) is 0.400. The molecule has 0 atom stereocenters. The van der Waals surface area contributed by atoms with Crippen LogP contribution in [0.5, 0.6) is 5.75 Å². The molecule has 0 amide bonds. The van der Waals surface area contributed by atoms with Crippen molar-refractivity contribution in [3.8, 4) is 5.75 Å². The highest BCUT2D eigenvalue weighted by molar-refractivity contribution is 7.19. The van der Waals surface area contributed by atoms with Gasteiger partial charge >= 0.3 is 11.9 Å². The highest BCUT2D eigenvalue weighted by Crippen LogP contribution is 2.43. The molecule has 1 heterocycles. The van der Waals surface area contributed by atoms with Crippen molar-refractivity contribution in [3.63, 3.8) is 0 Å². The van der Waals surface area contributed by atoms with Crippen molar-refractivity contribution >= 4 is 46.5 Å². The highest BCUT2D eigenvalue weighted by Gasteiger charge is 2.24. The van der Waals surface area contributed by atoms with Crippen LogP contribution >= 0.6 is 34.5 Å². The van der Waals surface area contributed by atoms with Crippen molar-refractivity contribution in [2.45, 2.75) is 6.92 Å². The van der Waals surface area contributed by atoms with Gasteiger partial charge in [-0.15, -0.1) is 11.3 Å². The Balaban J connectivity index is 2.86. The van der Waals surface area contributed by atoms with Crippen LogP contribution < -0.4 is 4.74 Å². The molecule has 0 unspecified atom stereocenters. The molecule has 1 rings (SSSR count). The minimum Gasteiger partial charge on any atom is -0.478 e. The fourth-order valence-corrected chi connectivity index (χ4v) is 2.48. The van der Waals surface area contributed by atoms with Gasteiger partial charge in [0.2, 0.25) is 0 Å². The molecule has 0 aliphatic carbocycles. The third-order valence-electron chi connectivity index (χ3n) is 1.78. The first-order valence-electron chi connectivity index (χ1n) is 4.85. The summed E-state index contributed by atoms with van der Waals surface area (Å²) in [5.41, 5.74) is 0. The molecule has 0 aliphatic heterocycles. The predicted octanol–water partition coefficient (Wildman–Crippen LogP) is 2.78. The van der Waals surface area contributed by atoms with E-state index in [0.29, 0.717) is 0 Å². The van der Waals surface area contributed by atoms with Crippen molar-refractivity contribution in [2.75, 3.05) is 20.3 Å². The topological polar surface area (TPSA) is 61.8 Å². The van der Waals surface area contributed by atoms with Gasteiger partial charge in [-0.05, 0) is 6.92 Å². The van der Waals surface area contributed by atoms with Crippen LogP contribution in [0.25, 0.3) is 0 Å². The van der Waals surface area contributed by atoms with Crippen LogP contribution in [0.3, 0.4) is 0 Å². The lowest BCUT2D eigenvalue weighted by atomic mass is 10.4. The second-order valence-corrected chi connectivity index (χ2v) is 4.93. The SMILES string of the molecule is CCOC(=O)COc1c(C(=O)OC)sc(Cl)c1Cl. The molecular formula is C10H10Cl2O5S. The van der Waals surface area contributed by atoms with Crippen molar-refractivity contribution in [1.82, 2.24) is 0 Å². The number of methoxy groups -OCH3 is 1. The van der Waals surface area contributed by atoms with Gasteiger partial charge in [-0.3, -0.25) is 0 Å². The third kappa shape index (κ3) is 3.51. The quantitative estimate of drug-likeness (QED) is 0.782. The van der Waals surface area contributed by atoms with Gasteiger partial charge in [0.05, 0.1) is 13.7 Å². The van der Waals surface area contributed by atoms with E-state index in [0.717, 1.165) is 11.3 Å². The van der Waals surface area contributed by atoms with Crippen LogP contribution in [0.1, 0.15) is 16.6 Å². The number of esters is 2. The first-order valence-corrected chi connectivity index (χ1v) is 6.43. The number of ether oxygens (including phenoxy) is 3. The Morgan fingerprint density at radius 3 is 2.56 bits per heavy atom. The molecule has 0 spiro atoms. The van der Waals surface area contributed by atoms with Gasteiger partial charge in [0.1, 0.15) is 9.36 Å². The number of carbonyl (C=O) groups excluding carboxylic acids is 2. The molecule has 0 saturated heterocycles. The first-order chi connectivity index (χ1) is 8.51. The first kappa shape index (κ1) is 15.1. The second-order valence-electron chi connectivity index (χ2n) is 2.93. The summed E-state index contributed by atoms with van der Waals surface area (Å²) in [5.74, 6) is -1.16. The lowest BCUT2D eigenvalue weighted by Crippen LogP contribution is -2.15. The predicted molar refractivity (Wildman–Crippen MR) is 67.8 cm³/mol. The summed E-state index contributed by atoms with van der Waals surface area (Å²) in [5, 5.41) is 0.0753. The molecule has 1 aromatic heterocycles. The van der Waals surface area contributed by atoms with E-state index in [4.69, 9.17) is 27.9 Å². The van der Waals surface area contributed by atoms with Crippen molar-refractivity contribution in [2.24, 2.45) is 0 Å². The number of halogens is 2. The van der Waals surface area contributed by atoms with Crippen LogP contribution in [-0.4, -0.2) is 32.3 Å².